The minimum absolute atomic E-state index is 0.0442. The zero-order valence-corrected chi connectivity index (χ0v) is 18.5. The predicted molar refractivity (Wildman–Crippen MR) is 122 cm³/mol. The van der Waals surface area contributed by atoms with Crippen LogP contribution in [0.25, 0.3) is 0 Å². The minimum Gasteiger partial charge on any atom is -0.379 e. The van der Waals surface area contributed by atoms with Gasteiger partial charge in [-0.3, -0.25) is 14.7 Å². The monoisotopic (exact) mass is 429 g/mol. The number of hydrogen-bond donors (Lipinski definition) is 3. The van der Waals surface area contributed by atoms with Gasteiger partial charge in [0.05, 0.1) is 19.3 Å². The lowest BCUT2D eigenvalue weighted by molar-refractivity contribution is 0.0177. The van der Waals surface area contributed by atoms with E-state index in [0.717, 1.165) is 44.4 Å². The second kappa shape index (κ2) is 11.7. The Morgan fingerprint density at radius 3 is 2.57 bits per heavy atom. The lowest BCUT2D eigenvalue weighted by Crippen LogP contribution is -2.46. The van der Waals surface area contributed by atoms with Gasteiger partial charge in [0.15, 0.2) is 5.96 Å². The highest BCUT2D eigenvalue weighted by Crippen LogP contribution is 2.25. The summed E-state index contributed by atoms with van der Waals surface area (Å²) >= 11 is 1.79. The lowest BCUT2D eigenvalue weighted by atomic mass is 10.1. The van der Waals surface area contributed by atoms with E-state index in [1.165, 1.54) is 4.88 Å². The molecule has 1 aliphatic heterocycles. The van der Waals surface area contributed by atoms with Crippen LogP contribution in [0.3, 0.4) is 0 Å². The Labute approximate surface area is 182 Å². The molecule has 1 unspecified atom stereocenters. The fourth-order valence-corrected chi connectivity index (χ4v) is 4.28. The standard InChI is InChI=1S/C22H31N5O2S/c1-3-24-21(28)18-8-6-17(7-9-18)15-25-22(23-2)26-16-19(20-5-4-14-30-20)27-10-12-29-13-11-27/h4-9,14,19H,3,10-13,15-16H2,1-2H3,(H,24,28)(H2,23,25,26). The molecule has 0 saturated carbocycles. The first-order valence-corrected chi connectivity index (χ1v) is 11.3. The van der Waals surface area contributed by atoms with E-state index in [1.807, 2.05) is 31.2 Å². The van der Waals surface area contributed by atoms with Crippen LogP contribution in [0.4, 0.5) is 0 Å². The molecule has 1 atom stereocenters. The molecule has 3 N–H and O–H groups in total. The Balaban J connectivity index is 1.53. The average Bonchev–Trinajstić information content (AvgIpc) is 3.32. The van der Waals surface area contributed by atoms with Crippen molar-refractivity contribution in [1.82, 2.24) is 20.9 Å². The molecule has 8 heteroatoms. The molecule has 0 bridgehead atoms. The SMILES string of the molecule is CCNC(=O)c1ccc(CNC(=NC)NCC(c2cccs2)N2CCOCC2)cc1. The number of nitrogens with one attached hydrogen (secondary N) is 3. The molecule has 1 aliphatic rings. The molecular formula is C22H31N5O2S. The summed E-state index contributed by atoms with van der Waals surface area (Å²) in [7, 11) is 1.78. The number of amides is 1. The molecule has 1 aromatic carbocycles. The van der Waals surface area contributed by atoms with Crippen LogP contribution in [0.5, 0.6) is 0 Å². The topological polar surface area (TPSA) is 78.0 Å². The number of morpholine rings is 1. The van der Waals surface area contributed by atoms with Crippen LogP contribution in [-0.4, -0.2) is 63.2 Å². The van der Waals surface area contributed by atoms with Crippen molar-refractivity contribution in [2.45, 2.75) is 19.5 Å². The highest BCUT2D eigenvalue weighted by molar-refractivity contribution is 7.10. The molecule has 0 aliphatic carbocycles. The second-order valence-electron chi connectivity index (χ2n) is 7.04. The number of carbonyl (C=O) groups excluding carboxylic acids is 1. The number of guanidine groups is 1. The third-order valence-electron chi connectivity index (χ3n) is 5.06. The molecule has 7 nitrogen and oxygen atoms in total. The van der Waals surface area contributed by atoms with Gasteiger partial charge >= 0.3 is 0 Å². The molecule has 1 amide bonds. The lowest BCUT2D eigenvalue weighted by Gasteiger charge is -2.34. The number of benzene rings is 1. The normalized spacial score (nSPS) is 16.1. The van der Waals surface area contributed by atoms with Crippen LogP contribution in [-0.2, 0) is 11.3 Å². The van der Waals surface area contributed by atoms with Crippen LogP contribution in [0.2, 0.25) is 0 Å². The van der Waals surface area contributed by atoms with Gasteiger partial charge in [0, 0.05) is 50.2 Å². The van der Waals surface area contributed by atoms with Gasteiger partial charge in [0.25, 0.3) is 5.91 Å². The third kappa shape index (κ3) is 6.29. The molecule has 1 aromatic heterocycles. The van der Waals surface area contributed by atoms with Gasteiger partial charge in [0.2, 0.25) is 0 Å². The number of rotatable bonds is 8. The van der Waals surface area contributed by atoms with Crippen molar-refractivity contribution >= 4 is 23.2 Å². The Kier molecular flexibility index (Phi) is 8.67. The van der Waals surface area contributed by atoms with Gasteiger partial charge in [-0.15, -0.1) is 11.3 Å². The Morgan fingerprint density at radius 1 is 1.17 bits per heavy atom. The van der Waals surface area contributed by atoms with Crippen molar-refractivity contribution in [3.63, 3.8) is 0 Å². The summed E-state index contributed by atoms with van der Waals surface area (Å²) in [4.78, 5) is 20.1. The molecule has 162 valence electrons. The van der Waals surface area contributed by atoms with E-state index < -0.39 is 0 Å². The maximum absolute atomic E-state index is 11.9. The summed E-state index contributed by atoms with van der Waals surface area (Å²) in [6.07, 6.45) is 0. The van der Waals surface area contributed by atoms with Crippen molar-refractivity contribution in [3.8, 4) is 0 Å². The summed E-state index contributed by atoms with van der Waals surface area (Å²) in [6.45, 7) is 7.38. The van der Waals surface area contributed by atoms with Crippen LogP contribution >= 0.6 is 11.3 Å². The van der Waals surface area contributed by atoms with Crippen LogP contribution in [0.1, 0.15) is 33.8 Å². The maximum atomic E-state index is 11.9. The van der Waals surface area contributed by atoms with Crippen molar-refractivity contribution in [3.05, 3.63) is 57.8 Å². The number of ether oxygens (including phenoxy) is 1. The number of thiophene rings is 1. The maximum Gasteiger partial charge on any atom is 0.251 e. The summed E-state index contributed by atoms with van der Waals surface area (Å²) < 4.78 is 5.52. The van der Waals surface area contributed by atoms with Crippen LogP contribution in [0.15, 0.2) is 46.8 Å². The molecule has 0 spiro atoms. The third-order valence-corrected chi connectivity index (χ3v) is 6.03. The molecule has 1 saturated heterocycles. The van der Waals surface area contributed by atoms with E-state index in [-0.39, 0.29) is 5.91 Å². The number of nitrogens with zero attached hydrogens (tertiary/aromatic N) is 2. The smallest absolute Gasteiger partial charge is 0.251 e. The average molecular weight is 430 g/mol. The fraction of sp³-hybridized carbons (Fsp3) is 0.455. The van der Waals surface area contributed by atoms with Crippen molar-refractivity contribution in [2.75, 3.05) is 46.4 Å². The molecule has 30 heavy (non-hydrogen) atoms. The molecular weight excluding hydrogens is 398 g/mol. The van der Waals surface area contributed by atoms with Crippen LogP contribution < -0.4 is 16.0 Å². The second-order valence-corrected chi connectivity index (χ2v) is 8.02. The van der Waals surface area contributed by atoms with E-state index in [2.05, 4.69) is 43.4 Å². The first-order valence-electron chi connectivity index (χ1n) is 10.4. The molecule has 3 rings (SSSR count). The van der Waals surface area contributed by atoms with E-state index in [1.54, 1.807) is 18.4 Å². The van der Waals surface area contributed by atoms with Gasteiger partial charge in [-0.1, -0.05) is 18.2 Å². The zero-order chi connectivity index (χ0) is 21.2. The summed E-state index contributed by atoms with van der Waals surface area (Å²) in [6, 6.07) is 12.2. The Morgan fingerprint density at radius 2 is 1.93 bits per heavy atom. The highest BCUT2D eigenvalue weighted by atomic mass is 32.1. The molecule has 1 fully saturated rings. The zero-order valence-electron chi connectivity index (χ0n) is 17.7. The number of aliphatic imine (C=N–C) groups is 1. The molecule has 0 radical (unpaired) electrons. The van der Waals surface area contributed by atoms with E-state index in [0.29, 0.717) is 24.7 Å². The van der Waals surface area contributed by atoms with Gasteiger partial charge in [0.1, 0.15) is 0 Å². The van der Waals surface area contributed by atoms with E-state index in [4.69, 9.17) is 4.74 Å². The molecule has 2 heterocycles. The summed E-state index contributed by atoms with van der Waals surface area (Å²) in [5.41, 5.74) is 1.77. The highest BCUT2D eigenvalue weighted by Gasteiger charge is 2.23. The van der Waals surface area contributed by atoms with Gasteiger partial charge in [-0.25, -0.2) is 0 Å². The van der Waals surface area contributed by atoms with Gasteiger partial charge in [-0.2, -0.15) is 0 Å². The number of hydrogen-bond acceptors (Lipinski definition) is 5. The first kappa shape index (κ1) is 22.3. The fourth-order valence-electron chi connectivity index (χ4n) is 3.42. The van der Waals surface area contributed by atoms with Crippen molar-refractivity contribution in [2.24, 2.45) is 4.99 Å². The van der Waals surface area contributed by atoms with E-state index >= 15 is 0 Å². The largest absolute Gasteiger partial charge is 0.379 e. The van der Waals surface area contributed by atoms with Crippen LogP contribution in [0, 0.1) is 0 Å². The quantitative estimate of drug-likeness (QED) is 0.443. The van der Waals surface area contributed by atoms with E-state index in [9.17, 15) is 4.79 Å². The number of carbonyl (C=O) groups is 1. The Bertz CT molecular complexity index is 801. The summed E-state index contributed by atoms with van der Waals surface area (Å²) in [5.74, 6) is 0.717. The molecule has 2 aromatic rings. The minimum atomic E-state index is -0.0442. The first-order chi connectivity index (χ1) is 14.7. The summed E-state index contributed by atoms with van der Waals surface area (Å²) in [5, 5.41) is 11.8. The Hall–Kier alpha value is -2.42. The van der Waals surface area contributed by atoms with Gasteiger partial charge < -0.3 is 20.7 Å². The predicted octanol–water partition coefficient (Wildman–Crippen LogP) is 2.24. The van der Waals surface area contributed by atoms with Crippen molar-refractivity contribution < 1.29 is 9.53 Å². The van der Waals surface area contributed by atoms with Gasteiger partial charge in [-0.05, 0) is 36.1 Å². The van der Waals surface area contributed by atoms with Crippen molar-refractivity contribution in [1.29, 1.82) is 0 Å².